The Hall–Kier alpha value is -2.91. The summed E-state index contributed by atoms with van der Waals surface area (Å²) < 4.78 is 28.3. The van der Waals surface area contributed by atoms with Crippen molar-refractivity contribution >= 4 is 27.7 Å². The van der Waals surface area contributed by atoms with E-state index in [0.29, 0.717) is 12.1 Å². The second-order valence-electron chi connectivity index (χ2n) is 8.45. The van der Waals surface area contributed by atoms with E-state index < -0.39 is 28.7 Å². The molecule has 2 atom stereocenters. The lowest BCUT2D eigenvalue weighted by Gasteiger charge is -2.33. The van der Waals surface area contributed by atoms with Gasteiger partial charge in [0.1, 0.15) is 12.6 Å². The van der Waals surface area contributed by atoms with Crippen LogP contribution in [0.1, 0.15) is 32.8 Å². The average Bonchev–Trinajstić information content (AvgIpc) is 2.83. The van der Waals surface area contributed by atoms with Gasteiger partial charge in [0.25, 0.3) is 0 Å². The molecule has 2 aromatic carbocycles. The van der Waals surface area contributed by atoms with Gasteiger partial charge < -0.3 is 10.2 Å². The fraction of sp³-hybridized carbons (Fsp3) is 0.440. The lowest BCUT2D eigenvalue weighted by Crippen LogP contribution is -2.54. The third-order valence-corrected chi connectivity index (χ3v) is 7.54. The first-order chi connectivity index (χ1) is 16.1. The Morgan fingerprint density at radius 1 is 0.941 bits per heavy atom. The predicted molar refractivity (Wildman–Crippen MR) is 136 cm³/mol. The molecule has 2 aromatic rings. The number of anilines is 1. The molecule has 0 heterocycles. The molecule has 0 aromatic heterocycles. The second-order valence-corrected chi connectivity index (χ2v) is 10.5. The van der Waals surface area contributed by atoms with E-state index in [0.717, 1.165) is 20.6 Å². The molecule has 2 amide bonds. The van der Waals surface area contributed by atoms with Gasteiger partial charge in [-0.25, -0.2) is 4.31 Å². The summed E-state index contributed by atoms with van der Waals surface area (Å²) in [4.78, 5) is 27.9. The summed E-state index contributed by atoms with van der Waals surface area (Å²) in [5.74, 6) is -0.713. The second kappa shape index (κ2) is 12.5. The zero-order chi connectivity index (χ0) is 25.3. The Labute approximate surface area is 203 Å². The molecule has 0 fully saturated rings. The van der Waals surface area contributed by atoms with Crippen LogP contribution in [0.3, 0.4) is 0 Å². The molecule has 0 spiro atoms. The Kier molecular flexibility index (Phi) is 10.1. The summed E-state index contributed by atoms with van der Waals surface area (Å²) in [5.41, 5.74) is 1.40. The van der Waals surface area contributed by atoms with Gasteiger partial charge in [-0.2, -0.15) is 12.7 Å². The molecule has 0 unspecified atom stereocenters. The van der Waals surface area contributed by atoms with E-state index in [1.165, 1.54) is 19.0 Å². The Morgan fingerprint density at radius 3 is 2.03 bits per heavy atom. The van der Waals surface area contributed by atoms with Crippen LogP contribution in [-0.2, 0) is 26.2 Å². The van der Waals surface area contributed by atoms with Crippen LogP contribution in [0, 0.1) is 0 Å². The average molecular weight is 489 g/mol. The van der Waals surface area contributed by atoms with Crippen LogP contribution in [0.25, 0.3) is 0 Å². The molecule has 0 aliphatic rings. The van der Waals surface area contributed by atoms with E-state index in [4.69, 9.17) is 0 Å². The van der Waals surface area contributed by atoms with E-state index in [2.05, 4.69) is 5.32 Å². The Morgan fingerprint density at radius 2 is 1.50 bits per heavy atom. The number of rotatable bonds is 12. The summed E-state index contributed by atoms with van der Waals surface area (Å²) in [6, 6.07) is 17.4. The summed E-state index contributed by atoms with van der Waals surface area (Å²) in [5, 5.41) is 2.92. The quantitative estimate of drug-likeness (QED) is 0.497. The molecule has 0 bridgehead atoms. The molecule has 1 N–H and O–H groups in total. The number of nitrogens with zero attached hydrogens (tertiary/aromatic N) is 3. The van der Waals surface area contributed by atoms with E-state index in [1.807, 2.05) is 44.2 Å². The zero-order valence-electron chi connectivity index (χ0n) is 20.6. The summed E-state index contributed by atoms with van der Waals surface area (Å²) in [7, 11) is -1.09. The number of hydrogen-bond donors (Lipinski definition) is 1. The molecule has 2 rings (SSSR count). The largest absolute Gasteiger partial charge is 0.352 e. The van der Waals surface area contributed by atoms with Gasteiger partial charge in [0, 0.05) is 26.7 Å². The smallest absolute Gasteiger partial charge is 0.304 e. The van der Waals surface area contributed by atoms with Gasteiger partial charge >= 0.3 is 10.2 Å². The number of benzene rings is 2. The van der Waals surface area contributed by atoms with E-state index in [-0.39, 0.29) is 18.5 Å². The van der Waals surface area contributed by atoms with Crippen LogP contribution in [0.15, 0.2) is 60.7 Å². The normalized spacial score (nSPS) is 13.2. The maximum atomic E-state index is 13.5. The van der Waals surface area contributed by atoms with Gasteiger partial charge in [-0.3, -0.25) is 9.59 Å². The highest BCUT2D eigenvalue weighted by atomic mass is 32.2. The van der Waals surface area contributed by atoms with E-state index >= 15 is 0 Å². The molecule has 0 aliphatic carbocycles. The van der Waals surface area contributed by atoms with Crippen molar-refractivity contribution in [1.82, 2.24) is 14.5 Å². The molecular weight excluding hydrogens is 452 g/mol. The molecule has 8 nitrogen and oxygen atoms in total. The van der Waals surface area contributed by atoms with Crippen molar-refractivity contribution in [3.8, 4) is 0 Å². The first-order valence-electron chi connectivity index (χ1n) is 11.5. The highest BCUT2D eigenvalue weighted by Gasteiger charge is 2.32. The SMILES string of the molecule is CC[C@H](C)NC(=O)[C@@H](C)N(CCc1ccccc1)C(=O)CN(c1ccccc1)S(=O)(=O)N(C)C. The molecule has 0 saturated heterocycles. The molecule has 0 saturated carbocycles. The third kappa shape index (κ3) is 7.30. The number of para-hydroxylation sites is 1. The van der Waals surface area contributed by atoms with Crippen molar-refractivity contribution in [3.05, 3.63) is 66.2 Å². The van der Waals surface area contributed by atoms with Crippen molar-refractivity contribution < 1.29 is 18.0 Å². The number of carbonyl (C=O) groups excluding carboxylic acids is 2. The summed E-state index contributed by atoms with van der Waals surface area (Å²) >= 11 is 0. The zero-order valence-corrected chi connectivity index (χ0v) is 21.5. The number of nitrogens with one attached hydrogen (secondary N) is 1. The number of hydrogen-bond acceptors (Lipinski definition) is 4. The summed E-state index contributed by atoms with van der Waals surface area (Å²) in [6.45, 7) is 5.41. The monoisotopic (exact) mass is 488 g/mol. The maximum absolute atomic E-state index is 13.5. The van der Waals surface area contributed by atoms with Gasteiger partial charge in [0.2, 0.25) is 11.8 Å². The van der Waals surface area contributed by atoms with Crippen molar-refractivity contribution in [2.45, 2.75) is 45.7 Å². The lowest BCUT2D eigenvalue weighted by atomic mass is 10.1. The molecular formula is C25H36N4O4S. The van der Waals surface area contributed by atoms with Crippen molar-refractivity contribution in [2.24, 2.45) is 0 Å². The van der Waals surface area contributed by atoms with Crippen molar-refractivity contribution in [2.75, 3.05) is 31.5 Å². The molecule has 34 heavy (non-hydrogen) atoms. The minimum Gasteiger partial charge on any atom is -0.352 e. The first-order valence-corrected chi connectivity index (χ1v) is 12.9. The van der Waals surface area contributed by atoms with Crippen LogP contribution in [0.2, 0.25) is 0 Å². The highest BCUT2D eigenvalue weighted by Crippen LogP contribution is 2.20. The first kappa shape index (κ1) is 27.3. The van der Waals surface area contributed by atoms with Crippen LogP contribution >= 0.6 is 0 Å². The molecule has 186 valence electrons. The molecule has 0 radical (unpaired) electrons. The minimum absolute atomic E-state index is 0.0315. The Bertz CT molecular complexity index is 1030. The van der Waals surface area contributed by atoms with Crippen LogP contribution in [0.5, 0.6) is 0 Å². The van der Waals surface area contributed by atoms with Crippen molar-refractivity contribution in [3.63, 3.8) is 0 Å². The van der Waals surface area contributed by atoms with Gasteiger partial charge in [-0.05, 0) is 44.4 Å². The van der Waals surface area contributed by atoms with E-state index in [1.54, 1.807) is 37.3 Å². The van der Waals surface area contributed by atoms with Gasteiger partial charge in [0.15, 0.2) is 0 Å². The standard InChI is InChI=1S/C25H36N4O4S/c1-6-20(2)26-25(31)21(3)28(18-17-22-13-9-7-10-14-22)24(30)19-29(34(32,33)27(4)5)23-15-11-8-12-16-23/h7-16,20-21H,6,17-19H2,1-5H3,(H,26,31)/t20-,21+/m0/s1. The fourth-order valence-corrected chi connectivity index (χ4v) is 4.40. The number of amides is 2. The summed E-state index contributed by atoms with van der Waals surface area (Å²) in [6.07, 6.45) is 1.30. The maximum Gasteiger partial charge on any atom is 0.304 e. The van der Waals surface area contributed by atoms with Crippen LogP contribution in [-0.4, -0.2) is 68.7 Å². The van der Waals surface area contributed by atoms with Crippen LogP contribution in [0.4, 0.5) is 5.69 Å². The van der Waals surface area contributed by atoms with Crippen LogP contribution < -0.4 is 9.62 Å². The Balaban J connectivity index is 2.34. The third-order valence-electron chi connectivity index (χ3n) is 5.72. The molecule has 9 heteroatoms. The van der Waals surface area contributed by atoms with E-state index in [9.17, 15) is 18.0 Å². The van der Waals surface area contributed by atoms with Crippen molar-refractivity contribution in [1.29, 1.82) is 0 Å². The fourth-order valence-electron chi connectivity index (χ4n) is 3.35. The minimum atomic E-state index is -3.94. The van der Waals surface area contributed by atoms with Gasteiger partial charge in [0.05, 0.1) is 5.69 Å². The number of carbonyl (C=O) groups is 2. The predicted octanol–water partition coefficient (Wildman–Crippen LogP) is 2.67. The topological polar surface area (TPSA) is 90.0 Å². The molecule has 0 aliphatic heterocycles. The lowest BCUT2D eigenvalue weighted by molar-refractivity contribution is -0.139. The van der Waals surface area contributed by atoms with Gasteiger partial charge in [-0.15, -0.1) is 0 Å². The highest BCUT2D eigenvalue weighted by molar-refractivity contribution is 7.90. The van der Waals surface area contributed by atoms with Gasteiger partial charge in [-0.1, -0.05) is 55.5 Å².